The SMILES string of the molecule is CCNC(=NCc1cc(Cl)cc(Cl)c1OC(F)F)NCc1cnc(C)s1. The number of nitrogens with zero attached hydrogens (tertiary/aromatic N) is 2. The Balaban J connectivity index is 2.15. The molecule has 0 aliphatic carbocycles. The lowest BCUT2D eigenvalue weighted by Gasteiger charge is -2.13. The Labute approximate surface area is 164 Å². The first-order chi connectivity index (χ1) is 12.4. The predicted octanol–water partition coefficient (Wildman–Crippen LogP) is 4.62. The lowest BCUT2D eigenvalue weighted by atomic mass is 10.2. The molecule has 26 heavy (non-hydrogen) atoms. The van der Waals surface area contributed by atoms with Crippen molar-refractivity contribution in [1.29, 1.82) is 0 Å². The molecule has 0 aliphatic rings. The Hall–Kier alpha value is -1.64. The van der Waals surface area contributed by atoms with Crippen molar-refractivity contribution >= 4 is 40.5 Å². The standard InChI is InChI=1S/C16H18Cl2F2N4OS/c1-3-21-16(24-8-12-7-22-9(2)26-12)23-6-10-4-11(17)5-13(18)14(10)25-15(19)20/h4-5,7,15H,3,6,8H2,1-2H3,(H2,21,23,24). The second kappa shape index (κ2) is 9.89. The van der Waals surface area contributed by atoms with Gasteiger partial charge in [-0.3, -0.25) is 0 Å². The van der Waals surface area contributed by atoms with Gasteiger partial charge in [-0.05, 0) is 26.0 Å². The maximum atomic E-state index is 12.6. The van der Waals surface area contributed by atoms with Crippen molar-refractivity contribution in [2.45, 2.75) is 33.5 Å². The smallest absolute Gasteiger partial charge is 0.387 e. The highest BCUT2D eigenvalue weighted by atomic mass is 35.5. The zero-order valence-corrected chi connectivity index (χ0v) is 16.5. The summed E-state index contributed by atoms with van der Waals surface area (Å²) >= 11 is 13.5. The molecule has 0 fully saturated rings. The average molecular weight is 423 g/mol. The van der Waals surface area contributed by atoms with Gasteiger partial charge in [0, 0.05) is 28.2 Å². The van der Waals surface area contributed by atoms with Crippen LogP contribution in [-0.4, -0.2) is 24.1 Å². The molecule has 142 valence electrons. The third-order valence-corrected chi connectivity index (χ3v) is 4.55. The molecule has 1 heterocycles. The number of hydrogen-bond donors (Lipinski definition) is 2. The fourth-order valence-electron chi connectivity index (χ4n) is 2.12. The minimum atomic E-state index is -2.99. The summed E-state index contributed by atoms with van der Waals surface area (Å²) in [5, 5.41) is 7.56. The van der Waals surface area contributed by atoms with Gasteiger partial charge in [-0.15, -0.1) is 11.3 Å². The van der Waals surface area contributed by atoms with Crippen LogP contribution in [0.15, 0.2) is 23.3 Å². The number of ether oxygens (including phenoxy) is 1. The van der Waals surface area contributed by atoms with E-state index in [9.17, 15) is 8.78 Å². The number of guanidine groups is 1. The fraction of sp³-hybridized carbons (Fsp3) is 0.375. The first-order valence-corrected chi connectivity index (χ1v) is 9.32. The van der Waals surface area contributed by atoms with E-state index in [1.165, 1.54) is 12.1 Å². The molecule has 5 nitrogen and oxygen atoms in total. The molecule has 0 aliphatic heterocycles. The van der Waals surface area contributed by atoms with Crippen LogP contribution in [0.4, 0.5) is 8.78 Å². The summed E-state index contributed by atoms with van der Waals surface area (Å²) in [7, 11) is 0. The predicted molar refractivity (Wildman–Crippen MR) is 102 cm³/mol. The maximum absolute atomic E-state index is 12.6. The highest BCUT2D eigenvalue weighted by molar-refractivity contribution is 7.11. The number of halogens is 4. The number of hydrogen-bond acceptors (Lipinski definition) is 4. The van der Waals surface area contributed by atoms with E-state index in [2.05, 4.69) is 25.3 Å². The number of rotatable bonds is 7. The van der Waals surface area contributed by atoms with Gasteiger partial charge < -0.3 is 15.4 Å². The number of alkyl halides is 2. The van der Waals surface area contributed by atoms with Crippen LogP contribution in [-0.2, 0) is 13.1 Å². The molecule has 1 aromatic carbocycles. The molecule has 0 saturated carbocycles. The first kappa shape index (κ1) is 20.7. The Morgan fingerprint density at radius 2 is 2.12 bits per heavy atom. The summed E-state index contributed by atoms with van der Waals surface area (Å²) in [6.45, 7) is 2.13. The minimum absolute atomic E-state index is 0.0149. The van der Waals surface area contributed by atoms with E-state index in [1.807, 2.05) is 13.8 Å². The van der Waals surface area contributed by atoms with E-state index >= 15 is 0 Å². The van der Waals surface area contributed by atoms with Gasteiger partial charge in [0.1, 0.15) is 5.75 Å². The van der Waals surface area contributed by atoms with Crippen molar-refractivity contribution in [3.05, 3.63) is 43.8 Å². The van der Waals surface area contributed by atoms with Crippen LogP contribution in [0.5, 0.6) is 5.75 Å². The molecular formula is C16H18Cl2F2N4OS. The number of benzene rings is 1. The summed E-state index contributed by atoms with van der Waals surface area (Å²) in [6.07, 6.45) is 1.79. The summed E-state index contributed by atoms with van der Waals surface area (Å²) in [5.41, 5.74) is 0.369. The van der Waals surface area contributed by atoms with Gasteiger partial charge in [-0.25, -0.2) is 9.98 Å². The first-order valence-electron chi connectivity index (χ1n) is 7.75. The summed E-state index contributed by atoms with van der Waals surface area (Å²) in [5.74, 6) is 0.404. The van der Waals surface area contributed by atoms with E-state index in [0.717, 1.165) is 9.88 Å². The van der Waals surface area contributed by atoms with Crippen LogP contribution in [0.1, 0.15) is 22.4 Å². The number of thiazole rings is 1. The van der Waals surface area contributed by atoms with Crippen molar-refractivity contribution in [3.8, 4) is 5.75 Å². The monoisotopic (exact) mass is 422 g/mol. The fourth-order valence-corrected chi connectivity index (χ4v) is 3.43. The molecule has 0 atom stereocenters. The van der Waals surface area contributed by atoms with Gasteiger partial charge in [-0.2, -0.15) is 8.78 Å². The lowest BCUT2D eigenvalue weighted by Crippen LogP contribution is -2.36. The zero-order chi connectivity index (χ0) is 19.1. The van der Waals surface area contributed by atoms with Crippen molar-refractivity contribution in [2.75, 3.05) is 6.54 Å². The molecule has 0 spiro atoms. The maximum Gasteiger partial charge on any atom is 0.387 e. The van der Waals surface area contributed by atoms with E-state index < -0.39 is 6.61 Å². The van der Waals surface area contributed by atoms with Gasteiger partial charge in [0.05, 0.1) is 23.1 Å². The van der Waals surface area contributed by atoms with Gasteiger partial charge >= 0.3 is 6.61 Å². The van der Waals surface area contributed by atoms with Crippen molar-refractivity contribution in [1.82, 2.24) is 15.6 Å². The third kappa shape index (κ3) is 6.26. The van der Waals surface area contributed by atoms with Crippen molar-refractivity contribution in [3.63, 3.8) is 0 Å². The Kier molecular flexibility index (Phi) is 7.86. The van der Waals surface area contributed by atoms with Crippen LogP contribution in [0, 0.1) is 6.92 Å². The summed E-state index contributed by atoms with van der Waals surface area (Å²) in [6, 6.07) is 2.86. The third-order valence-electron chi connectivity index (χ3n) is 3.14. The average Bonchev–Trinajstić information content (AvgIpc) is 2.98. The van der Waals surface area contributed by atoms with Gasteiger partial charge in [0.15, 0.2) is 5.96 Å². The number of aryl methyl sites for hydroxylation is 1. The molecule has 10 heteroatoms. The van der Waals surface area contributed by atoms with Crippen LogP contribution in [0.25, 0.3) is 0 Å². The van der Waals surface area contributed by atoms with Gasteiger partial charge in [0.2, 0.25) is 0 Å². The number of aliphatic imine (C=N–C) groups is 1. The normalized spacial score (nSPS) is 11.7. The van der Waals surface area contributed by atoms with E-state index in [1.54, 1.807) is 17.5 Å². The van der Waals surface area contributed by atoms with Crippen LogP contribution >= 0.6 is 34.5 Å². The molecule has 0 unspecified atom stereocenters. The Morgan fingerprint density at radius 3 is 2.73 bits per heavy atom. The lowest BCUT2D eigenvalue weighted by molar-refractivity contribution is -0.0503. The second-order valence-electron chi connectivity index (χ2n) is 5.15. The molecule has 2 rings (SSSR count). The largest absolute Gasteiger partial charge is 0.433 e. The molecule has 0 saturated heterocycles. The Bertz CT molecular complexity index is 771. The second-order valence-corrected chi connectivity index (χ2v) is 7.31. The number of nitrogens with one attached hydrogen (secondary N) is 2. The molecular weight excluding hydrogens is 405 g/mol. The van der Waals surface area contributed by atoms with Crippen LogP contribution in [0.3, 0.4) is 0 Å². The van der Waals surface area contributed by atoms with Gasteiger partial charge in [0.25, 0.3) is 0 Å². The highest BCUT2D eigenvalue weighted by Crippen LogP contribution is 2.34. The van der Waals surface area contributed by atoms with Crippen LogP contribution < -0.4 is 15.4 Å². The van der Waals surface area contributed by atoms with Gasteiger partial charge in [-0.1, -0.05) is 23.2 Å². The van der Waals surface area contributed by atoms with Crippen molar-refractivity contribution in [2.24, 2.45) is 4.99 Å². The molecule has 0 amide bonds. The highest BCUT2D eigenvalue weighted by Gasteiger charge is 2.15. The van der Waals surface area contributed by atoms with E-state index in [0.29, 0.717) is 29.6 Å². The van der Waals surface area contributed by atoms with E-state index in [-0.39, 0.29) is 17.3 Å². The van der Waals surface area contributed by atoms with Crippen LogP contribution in [0.2, 0.25) is 10.0 Å². The summed E-state index contributed by atoms with van der Waals surface area (Å²) in [4.78, 5) is 9.64. The summed E-state index contributed by atoms with van der Waals surface area (Å²) < 4.78 is 29.8. The zero-order valence-electron chi connectivity index (χ0n) is 14.2. The molecule has 2 N–H and O–H groups in total. The molecule has 0 radical (unpaired) electrons. The molecule has 2 aromatic rings. The quantitative estimate of drug-likeness (QED) is 0.504. The minimum Gasteiger partial charge on any atom is -0.433 e. The molecule has 1 aromatic heterocycles. The Morgan fingerprint density at radius 1 is 1.35 bits per heavy atom. The topological polar surface area (TPSA) is 58.5 Å². The van der Waals surface area contributed by atoms with Crippen molar-refractivity contribution < 1.29 is 13.5 Å². The molecule has 0 bridgehead atoms. The van der Waals surface area contributed by atoms with E-state index in [4.69, 9.17) is 23.2 Å². The number of aromatic nitrogens is 1.